The lowest BCUT2D eigenvalue weighted by Gasteiger charge is -2.31. The van der Waals surface area contributed by atoms with Crippen molar-refractivity contribution in [3.8, 4) is 0 Å². The maximum absolute atomic E-state index is 12.4. The summed E-state index contributed by atoms with van der Waals surface area (Å²) < 4.78 is 26.0. The van der Waals surface area contributed by atoms with Crippen LogP contribution in [-0.4, -0.2) is 43.5 Å². The molecule has 1 aromatic heterocycles. The first-order valence-electron chi connectivity index (χ1n) is 8.71. The fourth-order valence-corrected chi connectivity index (χ4v) is 5.39. The second-order valence-corrected chi connectivity index (χ2v) is 9.46. The first kappa shape index (κ1) is 19.4. The van der Waals surface area contributed by atoms with Crippen molar-refractivity contribution in [1.82, 2.24) is 9.62 Å². The zero-order valence-corrected chi connectivity index (χ0v) is 16.2. The number of thiophene rings is 1. The van der Waals surface area contributed by atoms with Crippen LogP contribution >= 0.6 is 11.3 Å². The number of amides is 1. The lowest BCUT2D eigenvalue weighted by Crippen LogP contribution is -2.45. The van der Waals surface area contributed by atoms with Crippen molar-refractivity contribution in [2.45, 2.75) is 52.0 Å². The highest BCUT2D eigenvalue weighted by Gasteiger charge is 2.31. The molecule has 1 aliphatic heterocycles. The number of nitrogens with one attached hydrogen (secondary N) is 1. The number of hydrogen-bond donors (Lipinski definition) is 1. The molecule has 5 nitrogen and oxygen atoms in total. The highest BCUT2D eigenvalue weighted by atomic mass is 32.2. The maximum atomic E-state index is 12.4. The van der Waals surface area contributed by atoms with Crippen LogP contribution in [0.25, 0.3) is 0 Å². The largest absolute Gasteiger partial charge is 0.353 e. The Labute approximate surface area is 149 Å². The van der Waals surface area contributed by atoms with Crippen LogP contribution in [0.15, 0.2) is 16.8 Å². The van der Waals surface area contributed by atoms with Crippen molar-refractivity contribution in [3.05, 3.63) is 22.4 Å². The van der Waals surface area contributed by atoms with E-state index in [9.17, 15) is 13.2 Å². The summed E-state index contributed by atoms with van der Waals surface area (Å²) in [6.45, 7) is 4.93. The first-order chi connectivity index (χ1) is 11.4. The second-order valence-electron chi connectivity index (χ2n) is 6.59. The molecule has 1 unspecified atom stereocenters. The van der Waals surface area contributed by atoms with Gasteiger partial charge < -0.3 is 5.32 Å². The lowest BCUT2D eigenvalue weighted by molar-refractivity contribution is -0.126. The van der Waals surface area contributed by atoms with Crippen LogP contribution < -0.4 is 5.32 Å². The summed E-state index contributed by atoms with van der Waals surface area (Å²) in [7, 11) is -3.15. The average molecular weight is 373 g/mol. The molecule has 24 heavy (non-hydrogen) atoms. The summed E-state index contributed by atoms with van der Waals surface area (Å²) in [5, 5.41) is 7.21. The van der Waals surface area contributed by atoms with Gasteiger partial charge in [-0.1, -0.05) is 13.3 Å². The Balaban J connectivity index is 1.78. The molecular formula is C17H28N2O3S2. The lowest BCUT2D eigenvalue weighted by atomic mass is 9.96. The molecule has 0 spiro atoms. The van der Waals surface area contributed by atoms with E-state index in [4.69, 9.17) is 0 Å². The normalized spacial score (nSPS) is 18.4. The molecule has 0 saturated carbocycles. The van der Waals surface area contributed by atoms with Crippen molar-refractivity contribution in [1.29, 1.82) is 0 Å². The van der Waals surface area contributed by atoms with Crippen molar-refractivity contribution in [3.63, 3.8) is 0 Å². The summed E-state index contributed by atoms with van der Waals surface area (Å²) in [6.07, 6.45) is 3.63. The summed E-state index contributed by atoms with van der Waals surface area (Å²) in [4.78, 5) is 12.4. The summed E-state index contributed by atoms with van der Waals surface area (Å²) in [6, 6.07) is 2.17. The number of hydrogen-bond acceptors (Lipinski definition) is 4. The Kier molecular flexibility index (Phi) is 7.25. The van der Waals surface area contributed by atoms with Gasteiger partial charge in [0.05, 0.1) is 5.75 Å². The van der Waals surface area contributed by atoms with Crippen molar-refractivity contribution in [2.75, 3.05) is 18.8 Å². The zero-order valence-electron chi connectivity index (χ0n) is 14.5. The van der Waals surface area contributed by atoms with Crippen LogP contribution in [0.4, 0.5) is 0 Å². The molecule has 0 aromatic carbocycles. The van der Waals surface area contributed by atoms with Crippen molar-refractivity contribution in [2.24, 2.45) is 5.92 Å². The van der Waals surface area contributed by atoms with Gasteiger partial charge in [-0.2, -0.15) is 11.3 Å². The Morgan fingerprint density at radius 2 is 2.12 bits per heavy atom. The number of nitrogens with zero attached hydrogens (tertiary/aromatic N) is 1. The fourth-order valence-electron chi connectivity index (χ4n) is 3.03. The summed E-state index contributed by atoms with van der Waals surface area (Å²) >= 11 is 1.66. The molecule has 7 heteroatoms. The van der Waals surface area contributed by atoms with Crippen LogP contribution in [0.3, 0.4) is 0 Å². The minimum atomic E-state index is -3.15. The Bertz CT molecular complexity index is 606. The van der Waals surface area contributed by atoms with E-state index < -0.39 is 10.0 Å². The number of carbonyl (C=O) groups excluding carboxylic acids is 1. The zero-order chi connectivity index (χ0) is 17.6. The molecule has 2 heterocycles. The quantitative estimate of drug-likeness (QED) is 0.763. The minimum Gasteiger partial charge on any atom is -0.353 e. The number of piperidine rings is 1. The third-order valence-corrected chi connectivity index (χ3v) is 7.17. The second kappa shape index (κ2) is 8.97. The van der Waals surface area contributed by atoms with E-state index in [1.54, 1.807) is 15.6 Å². The molecular weight excluding hydrogens is 344 g/mol. The molecule has 1 N–H and O–H groups in total. The smallest absolute Gasteiger partial charge is 0.223 e. The monoisotopic (exact) mass is 372 g/mol. The Hall–Kier alpha value is -0.920. The Morgan fingerprint density at radius 3 is 2.71 bits per heavy atom. The predicted molar refractivity (Wildman–Crippen MR) is 98.6 cm³/mol. The number of unbranched alkanes of at least 4 members (excludes halogenated alkanes) is 1. The molecule has 1 atom stereocenters. The average Bonchev–Trinajstić information content (AvgIpc) is 3.05. The van der Waals surface area contributed by atoms with Gasteiger partial charge in [0.2, 0.25) is 15.9 Å². The van der Waals surface area contributed by atoms with Gasteiger partial charge in [-0.3, -0.25) is 4.79 Å². The van der Waals surface area contributed by atoms with E-state index in [2.05, 4.69) is 16.8 Å². The van der Waals surface area contributed by atoms with Gasteiger partial charge in [-0.25, -0.2) is 12.7 Å². The minimum absolute atomic E-state index is 0.0586. The number of rotatable bonds is 8. The van der Waals surface area contributed by atoms with Gasteiger partial charge in [0.25, 0.3) is 0 Å². The standard InChI is InChI=1S/C17H28N2O3S2/c1-3-4-11-24(21,22)19-8-5-16(6-9-19)17(20)18-14(2)12-15-7-10-23-13-15/h7,10,13-14,16H,3-6,8-9,11-12H2,1-2H3,(H,18,20). The van der Waals surface area contributed by atoms with E-state index in [1.165, 1.54) is 5.56 Å². The van der Waals surface area contributed by atoms with Gasteiger partial charge in [-0.15, -0.1) is 0 Å². The summed E-state index contributed by atoms with van der Waals surface area (Å²) in [5.74, 6) is 0.203. The summed E-state index contributed by atoms with van der Waals surface area (Å²) in [5.41, 5.74) is 1.24. The molecule has 1 aliphatic rings. The van der Waals surface area contributed by atoms with Crippen molar-refractivity contribution < 1.29 is 13.2 Å². The molecule has 0 bridgehead atoms. The van der Waals surface area contributed by atoms with E-state index >= 15 is 0 Å². The van der Waals surface area contributed by atoms with Crippen LogP contribution in [0.1, 0.15) is 45.1 Å². The molecule has 1 amide bonds. The molecule has 1 aromatic rings. The van der Waals surface area contributed by atoms with Gasteiger partial charge in [0, 0.05) is 25.0 Å². The highest BCUT2D eigenvalue weighted by molar-refractivity contribution is 7.89. The molecule has 1 fully saturated rings. The van der Waals surface area contributed by atoms with Gasteiger partial charge in [-0.05, 0) is 55.0 Å². The molecule has 0 aliphatic carbocycles. The molecule has 0 radical (unpaired) electrons. The third kappa shape index (κ3) is 5.57. The van der Waals surface area contributed by atoms with Gasteiger partial charge in [0.15, 0.2) is 0 Å². The molecule has 2 rings (SSSR count). The van der Waals surface area contributed by atoms with Crippen LogP contribution in [-0.2, 0) is 21.2 Å². The topological polar surface area (TPSA) is 66.5 Å². The van der Waals surface area contributed by atoms with Gasteiger partial charge in [0.1, 0.15) is 0 Å². The van der Waals surface area contributed by atoms with Crippen LogP contribution in [0.2, 0.25) is 0 Å². The van der Waals surface area contributed by atoms with E-state index in [1.807, 2.05) is 19.2 Å². The van der Waals surface area contributed by atoms with Gasteiger partial charge >= 0.3 is 0 Å². The van der Waals surface area contributed by atoms with Crippen LogP contribution in [0.5, 0.6) is 0 Å². The van der Waals surface area contributed by atoms with E-state index in [0.717, 1.165) is 12.8 Å². The predicted octanol–water partition coefficient (Wildman–Crippen LogP) is 2.64. The van der Waals surface area contributed by atoms with Crippen LogP contribution in [0, 0.1) is 5.92 Å². The third-order valence-electron chi connectivity index (χ3n) is 4.48. The maximum Gasteiger partial charge on any atom is 0.223 e. The number of sulfonamides is 1. The number of carbonyl (C=O) groups is 1. The SMILES string of the molecule is CCCCS(=O)(=O)N1CCC(C(=O)NC(C)Cc2ccsc2)CC1. The first-order valence-corrected chi connectivity index (χ1v) is 11.3. The Morgan fingerprint density at radius 1 is 1.42 bits per heavy atom. The highest BCUT2D eigenvalue weighted by Crippen LogP contribution is 2.21. The van der Waals surface area contributed by atoms with E-state index in [0.29, 0.717) is 32.4 Å². The fraction of sp³-hybridized carbons (Fsp3) is 0.706. The van der Waals surface area contributed by atoms with E-state index in [-0.39, 0.29) is 23.6 Å². The van der Waals surface area contributed by atoms with Crippen molar-refractivity contribution >= 4 is 27.3 Å². The molecule has 1 saturated heterocycles. The molecule has 136 valence electrons.